The van der Waals surface area contributed by atoms with E-state index in [1.54, 1.807) is 6.07 Å². The lowest BCUT2D eigenvalue weighted by atomic mass is 10.1. The Kier molecular flexibility index (Phi) is 3.66. The van der Waals surface area contributed by atoms with Crippen LogP contribution >= 0.6 is 0 Å². The highest BCUT2D eigenvalue weighted by atomic mass is 16.3. The maximum Gasteiger partial charge on any atom is 0.140 e. The van der Waals surface area contributed by atoms with Gasteiger partial charge in [0.15, 0.2) is 0 Å². The van der Waals surface area contributed by atoms with Gasteiger partial charge in [0.25, 0.3) is 0 Å². The smallest absolute Gasteiger partial charge is 0.140 e. The van der Waals surface area contributed by atoms with Crippen LogP contribution in [0.1, 0.15) is 22.8 Å². The van der Waals surface area contributed by atoms with Crippen LogP contribution in [0.4, 0.5) is 5.69 Å². The second kappa shape index (κ2) is 5.39. The number of aryl methyl sites for hydroxylation is 1. The summed E-state index contributed by atoms with van der Waals surface area (Å²) in [6.45, 7) is 1.98. The third-order valence-electron chi connectivity index (χ3n) is 2.66. The number of benzene rings is 2. The maximum atomic E-state index is 9.98. The van der Waals surface area contributed by atoms with Crippen molar-refractivity contribution in [2.24, 2.45) is 0 Å². The molecule has 2 aromatic carbocycles. The molecule has 0 saturated heterocycles. The molecule has 2 heteroatoms. The Morgan fingerprint density at radius 1 is 1.11 bits per heavy atom. The van der Waals surface area contributed by atoms with E-state index in [9.17, 15) is 5.11 Å². The first kappa shape index (κ1) is 12.2. The fourth-order valence-corrected chi connectivity index (χ4v) is 1.68. The first-order valence-electron chi connectivity index (χ1n) is 5.77. The van der Waals surface area contributed by atoms with Crippen LogP contribution in [0.5, 0.6) is 0 Å². The second-order valence-corrected chi connectivity index (χ2v) is 4.17. The summed E-state index contributed by atoms with van der Waals surface area (Å²) in [5, 5.41) is 9.98. The third-order valence-corrected chi connectivity index (χ3v) is 2.66. The SMILES string of the molecule is Cc1cccc(C(O)C#Cc2ccccc2N)c1. The van der Waals surface area contributed by atoms with Crippen molar-refractivity contribution >= 4 is 5.69 Å². The maximum absolute atomic E-state index is 9.98. The van der Waals surface area contributed by atoms with Crippen molar-refractivity contribution in [1.29, 1.82) is 0 Å². The summed E-state index contributed by atoms with van der Waals surface area (Å²) in [7, 11) is 0. The largest absolute Gasteiger partial charge is 0.398 e. The summed E-state index contributed by atoms with van der Waals surface area (Å²) in [4.78, 5) is 0. The zero-order valence-corrected chi connectivity index (χ0v) is 10.2. The Morgan fingerprint density at radius 2 is 1.89 bits per heavy atom. The summed E-state index contributed by atoms with van der Waals surface area (Å²) >= 11 is 0. The van der Waals surface area contributed by atoms with Gasteiger partial charge in [-0.1, -0.05) is 53.8 Å². The number of rotatable bonds is 1. The summed E-state index contributed by atoms with van der Waals surface area (Å²) in [6, 6.07) is 15.0. The highest BCUT2D eigenvalue weighted by molar-refractivity contribution is 5.55. The molecule has 0 amide bonds. The number of aliphatic hydroxyl groups is 1. The van der Waals surface area contributed by atoms with Crippen molar-refractivity contribution in [3.63, 3.8) is 0 Å². The molecule has 0 aliphatic carbocycles. The summed E-state index contributed by atoms with van der Waals surface area (Å²) in [5.74, 6) is 5.71. The van der Waals surface area contributed by atoms with Gasteiger partial charge < -0.3 is 10.8 Å². The van der Waals surface area contributed by atoms with Gasteiger partial charge in [0.05, 0.1) is 0 Å². The number of hydrogen-bond acceptors (Lipinski definition) is 2. The molecule has 0 aliphatic heterocycles. The topological polar surface area (TPSA) is 46.2 Å². The van der Waals surface area contributed by atoms with Gasteiger partial charge in [0.2, 0.25) is 0 Å². The van der Waals surface area contributed by atoms with Crippen LogP contribution in [0.25, 0.3) is 0 Å². The van der Waals surface area contributed by atoms with Gasteiger partial charge in [-0.3, -0.25) is 0 Å². The summed E-state index contributed by atoms with van der Waals surface area (Å²) in [5.41, 5.74) is 9.06. The first-order chi connectivity index (χ1) is 8.66. The highest BCUT2D eigenvalue weighted by Crippen LogP contribution is 2.14. The van der Waals surface area contributed by atoms with Crippen molar-refractivity contribution < 1.29 is 5.11 Å². The van der Waals surface area contributed by atoms with E-state index >= 15 is 0 Å². The molecule has 0 spiro atoms. The molecule has 3 N–H and O–H groups in total. The van der Waals surface area contributed by atoms with Gasteiger partial charge in [0.1, 0.15) is 6.10 Å². The van der Waals surface area contributed by atoms with E-state index in [-0.39, 0.29) is 0 Å². The highest BCUT2D eigenvalue weighted by Gasteiger charge is 2.03. The van der Waals surface area contributed by atoms with Gasteiger partial charge in [-0.25, -0.2) is 0 Å². The molecule has 1 unspecified atom stereocenters. The Labute approximate surface area is 107 Å². The van der Waals surface area contributed by atoms with Gasteiger partial charge >= 0.3 is 0 Å². The van der Waals surface area contributed by atoms with Crippen LogP contribution in [0.3, 0.4) is 0 Å². The standard InChI is InChI=1S/C16H15NO/c1-12-5-4-7-14(11-12)16(18)10-9-13-6-2-3-8-15(13)17/h2-8,11,16,18H,17H2,1H3. The normalized spacial score (nSPS) is 11.4. The molecule has 0 aliphatic rings. The Bertz CT molecular complexity index is 608. The molecule has 2 nitrogen and oxygen atoms in total. The van der Waals surface area contributed by atoms with Crippen molar-refractivity contribution in [3.8, 4) is 11.8 Å². The molecule has 0 radical (unpaired) electrons. The van der Waals surface area contributed by atoms with Crippen molar-refractivity contribution in [2.45, 2.75) is 13.0 Å². The minimum atomic E-state index is -0.787. The van der Waals surface area contributed by atoms with Crippen LogP contribution in [-0.2, 0) is 0 Å². The first-order valence-corrected chi connectivity index (χ1v) is 5.77. The number of hydrogen-bond donors (Lipinski definition) is 2. The average molecular weight is 237 g/mol. The molecule has 2 rings (SSSR count). The summed E-state index contributed by atoms with van der Waals surface area (Å²) < 4.78 is 0. The summed E-state index contributed by atoms with van der Waals surface area (Å²) in [6.07, 6.45) is -0.787. The van der Waals surface area contributed by atoms with Crippen molar-refractivity contribution in [1.82, 2.24) is 0 Å². The van der Waals surface area contributed by atoms with Crippen molar-refractivity contribution in [2.75, 3.05) is 5.73 Å². The lowest BCUT2D eigenvalue weighted by molar-refractivity contribution is 0.238. The number of nitrogens with two attached hydrogens (primary N) is 1. The lowest BCUT2D eigenvalue weighted by Gasteiger charge is -2.04. The molecule has 1 atom stereocenters. The predicted octanol–water partition coefficient (Wildman–Crippen LogP) is 2.66. The van der Waals surface area contributed by atoms with Gasteiger partial charge in [0, 0.05) is 11.3 Å². The van der Waals surface area contributed by atoms with Crippen molar-refractivity contribution in [3.05, 3.63) is 65.2 Å². The minimum absolute atomic E-state index is 0.626. The lowest BCUT2D eigenvalue weighted by Crippen LogP contribution is -1.95. The second-order valence-electron chi connectivity index (χ2n) is 4.17. The van der Waals surface area contributed by atoms with Crippen LogP contribution in [0, 0.1) is 18.8 Å². The number of nitrogen functional groups attached to an aromatic ring is 1. The molecular weight excluding hydrogens is 222 g/mol. The minimum Gasteiger partial charge on any atom is -0.398 e. The molecule has 90 valence electrons. The zero-order valence-electron chi connectivity index (χ0n) is 10.2. The molecule has 0 aromatic heterocycles. The number of aliphatic hydroxyl groups excluding tert-OH is 1. The van der Waals surface area contributed by atoms with E-state index in [2.05, 4.69) is 11.8 Å². The Morgan fingerprint density at radius 3 is 2.61 bits per heavy atom. The van der Waals surface area contributed by atoms with Gasteiger partial charge in [-0.05, 0) is 24.6 Å². The Hall–Kier alpha value is -2.24. The monoisotopic (exact) mass is 237 g/mol. The van der Waals surface area contributed by atoms with Gasteiger partial charge in [-0.15, -0.1) is 0 Å². The van der Waals surface area contributed by atoms with E-state index in [0.717, 1.165) is 16.7 Å². The van der Waals surface area contributed by atoms with Crippen LogP contribution in [0.2, 0.25) is 0 Å². The molecule has 18 heavy (non-hydrogen) atoms. The average Bonchev–Trinajstić information content (AvgIpc) is 2.37. The van der Waals surface area contributed by atoms with E-state index in [4.69, 9.17) is 5.73 Å². The van der Waals surface area contributed by atoms with E-state index < -0.39 is 6.10 Å². The molecule has 2 aromatic rings. The quantitative estimate of drug-likeness (QED) is 0.591. The fourth-order valence-electron chi connectivity index (χ4n) is 1.68. The molecule has 0 bridgehead atoms. The molecule has 0 saturated carbocycles. The zero-order chi connectivity index (χ0) is 13.0. The molecule has 0 heterocycles. The number of anilines is 1. The van der Waals surface area contributed by atoms with Crippen LogP contribution in [-0.4, -0.2) is 5.11 Å². The van der Waals surface area contributed by atoms with E-state index in [0.29, 0.717) is 5.69 Å². The van der Waals surface area contributed by atoms with E-state index in [1.807, 2.05) is 49.4 Å². The predicted molar refractivity (Wildman–Crippen MR) is 73.9 cm³/mol. The fraction of sp³-hybridized carbons (Fsp3) is 0.125. The third kappa shape index (κ3) is 2.91. The molecule has 0 fully saturated rings. The van der Waals surface area contributed by atoms with Crippen LogP contribution < -0.4 is 5.73 Å². The van der Waals surface area contributed by atoms with E-state index in [1.165, 1.54) is 0 Å². The number of para-hydroxylation sites is 1. The molecular formula is C16H15NO. The van der Waals surface area contributed by atoms with Crippen LogP contribution in [0.15, 0.2) is 48.5 Å². The van der Waals surface area contributed by atoms with Gasteiger partial charge in [-0.2, -0.15) is 0 Å². The Balaban J connectivity index is 2.23.